The average Bonchev–Trinajstić information content (AvgIpc) is 2.73. The van der Waals surface area contributed by atoms with Crippen LogP contribution in [-0.2, 0) is 6.42 Å². The van der Waals surface area contributed by atoms with Gasteiger partial charge < -0.3 is 0 Å². The van der Waals surface area contributed by atoms with Gasteiger partial charge in [-0.25, -0.2) is 17.6 Å². The van der Waals surface area contributed by atoms with Gasteiger partial charge in [0, 0.05) is 12.0 Å². The molecule has 2 aromatic rings. The van der Waals surface area contributed by atoms with E-state index in [9.17, 15) is 17.6 Å². The standard InChI is InChI=1S/C26H32F4/c1-2-3-4-5-6-7-18-8-11-20(12-9-18)21-16-24(28)22(25(29)17-21)14-19-10-13-23(27)26(30)15-19/h10,13,15-18,20H,2-9,11-12,14H2,1H3. The molecule has 1 fully saturated rings. The summed E-state index contributed by atoms with van der Waals surface area (Å²) in [4.78, 5) is 0. The summed E-state index contributed by atoms with van der Waals surface area (Å²) in [6.45, 7) is 2.22. The van der Waals surface area contributed by atoms with Crippen LogP contribution in [0, 0.1) is 29.2 Å². The Morgan fingerprint density at radius 3 is 2.03 bits per heavy atom. The summed E-state index contributed by atoms with van der Waals surface area (Å²) in [6, 6.07) is 6.21. The minimum absolute atomic E-state index is 0.0921. The molecule has 0 nitrogen and oxygen atoms in total. The van der Waals surface area contributed by atoms with E-state index in [0.717, 1.165) is 49.3 Å². The lowest BCUT2D eigenvalue weighted by Crippen LogP contribution is -2.14. The summed E-state index contributed by atoms with van der Waals surface area (Å²) < 4.78 is 55.8. The molecule has 164 valence electrons. The minimum atomic E-state index is -1.01. The number of rotatable bonds is 9. The Morgan fingerprint density at radius 1 is 0.733 bits per heavy atom. The van der Waals surface area contributed by atoms with E-state index in [1.807, 2.05) is 0 Å². The number of hydrogen-bond donors (Lipinski definition) is 0. The maximum atomic E-state index is 14.7. The molecule has 0 atom stereocenters. The van der Waals surface area contributed by atoms with Gasteiger partial charge in [0.05, 0.1) is 0 Å². The Labute approximate surface area is 177 Å². The molecule has 1 aliphatic rings. The molecule has 30 heavy (non-hydrogen) atoms. The molecule has 0 aliphatic heterocycles. The Balaban J connectivity index is 1.57. The molecule has 0 saturated heterocycles. The molecule has 0 heterocycles. The van der Waals surface area contributed by atoms with Gasteiger partial charge in [0.15, 0.2) is 11.6 Å². The molecule has 0 aromatic heterocycles. The largest absolute Gasteiger partial charge is 0.207 e. The van der Waals surface area contributed by atoms with E-state index in [0.29, 0.717) is 5.56 Å². The smallest absolute Gasteiger partial charge is 0.159 e. The lowest BCUT2D eigenvalue weighted by molar-refractivity contribution is 0.301. The van der Waals surface area contributed by atoms with Crippen molar-refractivity contribution in [3.63, 3.8) is 0 Å². The van der Waals surface area contributed by atoms with Crippen molar-refractivity contribution in [2.24, 2.45) is 5.92 Å². The summed E-state index contributed by atoms with van der Waals surface area (Å²) in [7, 11) is 0. The Kier molecular flexibility index (Phi) is 8.35. The van der Waals surface area contributed by atoms with Gasteiger partial charge in [-0.05, 0) is 72.9 Å². The summed E-state index contributed by atoms with van der Waals surface area (Å²) in [5.74, 6) is -2.24. The third kappa shape index (κ3) is 6.09. The lowest BCUT2D eigenvalue weighted by Gasteiger charge is -2.29. The molecule has 0 amide bonds. The first-order valence-electron chi connectivity index (χ1n) is 11.4. The quantitative estimate of drug-likeness (QED) is 0.282. The van der Waals surface area contributed by atoms with Crippen molar-refractivity contribution in [3.05, 3.63) is 70.3 Å². The Bertz CT molecular complexity index is 799. The summed E-state index contributed by atoms with van der Waals surface area (Å²) in [5.41, 5.74) is 0.977. The fourth-order valence-corrected chi connectivity index (χ4v) is 4.70. The second-order valence-corrected chi connectivity index (χ2v) is 8.81. The highest BCUT2D eigenvalue weighted by molar-refractivity contribution is 5.33. The molecule has 0 unspecified atom stereocenters. The fourth-order valence-electron chi connectivity index (χ4n) is 4.70. The highest BCUT2D eigenvalue weighted by Gasteiger charge is 2.24. The van der Waals surface area contributed by atoms with Crippen LogP contribution in [0.2, 0.25) is 0 Å². The Hall–Kier alpha value is -1.84. The number of halogens is 4. The second kappa shape index (κ2) is 11.0. The van der Waals surface area contributed by atoms with Crippen LogP contribution in [0.5, 0.6) is 0 Å². The maximum absolute atomic E-state index is 14.7. The van der Waals surface area contributed by atoms with Crippen LogP contribution in [-0.4, -0.2) is 0 Å². The van der Waals surface area contributed by atoms with Crippen molar-refractivity contribution in [1.29, 1.82) is 0 Å². The van der Waals surface area contributed by atoms with Gasteiger partial charge in [0.2, 0.25) is 0 Å². The van der Waals surface area contributed by atoms with Crippen molar-refractivity contribution in [2.45, 2.75) is 83.5 Å². The minimum Gasteiger partial charge on any atom is -0.207 e. The lowest BCUT2D eigenvalue weighted by atomic mass is 9.76. The van der Waals surface area contributed by atoms with Crippen LogP contribution in [0.3, 0.4) is 0 Å². The summed E-state index contributed by atoms with van der Waals surface area (Å²) in [6.07, 6.45) is 11.9. The number of hydrogen-bond acceptors (Lipinski definition) is 0. The van der Waals surface area contributed by atoms with E-state index < -0.39 is 23.3 Å². The first kappa shape index (κ1) is 22.8. The molecular formula is C26H32F4. The van der Waals surface area contributed by atoms with Crippen molar-refractivity contribution in [1.82, 2.24) is 0 Å². The third-order valence-electron chi connectivity index (χ3n) is 6.56. The van der Waals surface area contributed by atoms with Crippen molar-refractivity contribution in [3.8, 4) is 0 Å². The first-order chi connectivity index (χ1) is 14.5. The van der Waals surface area contributed by atoms with E-state index in [-0.39, 0.29) is 17.9 Å². The van der Waals surface area contributed by atoms with Crippen LogP contribution in [0.4, 0.5) is 17.6 Å². The predicted molar refractivity (Wildman–Crippen MR) is 114 cm³/mol. The maximum Gasteiger partial charge on any atom is 0.159 e. The monoisotopic (exact) mass is 420 g/mol. The van der Waals surface area contributed by atoms with E-state index in [1.165, 1.54) is 56.7 Å². The van der Waals surface area contributed by atoms with Crippen molar-refractivity contribution < 1.29 is 17.6 Å². The van der Waals surface area contributed by atoms with Gasteiger partial charge in [-0.3, -0.25) is 0 Å². The summed E-state index contributed by atoms with van der Waals surface area (Å²) >= 11 is 0. The Morgan fingerprint density at radius 2 is 1.40 bits per heavy atom. The predicted octanol–water partition coefficient (Wildman–Crippen LogP) is 8.47. The van der Waals surface area contributed by atoms with Crippen LogP contribution in [0.25, 0.3) is 0 Å². The molecule has 0 radical (unpaired) electrons. The van der Waals surface area contributed by atoms with E-state index in [4.69, 9.17) is 0 Å². The average molecular weight is 421 g/mol. The topological polar surface area (TPSA) is 0 Å². The SMILES string of the molecule is CCCCCCCC1CCC(c2cc(F)c(Cc3ccc(F)c(F)c3)c(F)c2)CC1. The molecule has 1 saturated carbocycles. The third-order valence-corrected chi connectivity index (χ3v) is 6.56. The van der Waals surface area contributed by atoms with Crippen molar-refractivity contribution in [2.75, 3.05) is 0 Å². The van der Waals surface area contributed by atoms with Gasteiger partial charge in [0.1, 0.15) is 11.6 Å². The van der Waals surface area contributed by atoms with Crippen LogP contribution in [0.15, 0.2) is 30.3 Å². The van der Waals surface area contributed by atoms with Gasteiger partial charge >= 0.3 is 0 Å². The molecule has 0 N–H and O–H groups in total. The highest BCUT2D eigenvalue weighted by Crippen LogP contribution is 2.38. The zero-order valence-electron chi connectivity index (χ0n) is 17.8. The van der Waals surface area contributed by atoms with E-state index in [2.05, 4.69) is 6.92 Å². The van der Waals surface area contributed by atoms with Crippen LogP contribution >= 0.6 is 0 Å². The molecule has 3 rings (SSSR count). The van der Waals surface area contributed by atoms with Gasteiger partial charge in [-0.2, -0.15) is 0 Å². The second-order valence-electron chi connectivity index (χ2n) is 8.81. The normalized spacial score (nSPS) is 19.2. The molecule has 4 heteroatoms. The van der Waals surface area contributed by atoms with E-state index in [1.54, 1.807) is 0 Å². The zero-order valence-corrected chi connectivity index (χ0v) is 17.8. The highest BCUT2D eigenvalue weighted by atomic mass is 19.2. The van der Waals surface area contributed by atoms with E-state index >= 15 is 0 Å². The van der Waals surface area contributed by atoms with Gasteiger partial charge in [-0.1, -0.05) is 51.5 Å². The van der Waals surface area contributed by atoms with Crippen LogP contribution < -0.4 is 0 Å². The van der Waals surface area contributed by atoms with Gasteiger partial charge in [-0.15, -0.1) is 0 Å². The molecular weight excluding hydrogens is 388 g/mol. The molecule has 1 aliphatic carbocycles. The number of unbranched alkanes of at least 4 members (excludes halogenated alkanes) is 4. The van der Waals surface area contributed by atoms with Gasteiger partial charge in [0.25, 0.3) is 0 Å². The summed E-state index contributed by atoms with van der Waals surface area (Å²) in [5, 5.41) is 0. The fraction of sp³-hybridized carbons (Fsp3) is 0.538. The van der Waals surface area contributed by atoms with Crippen LogP contribution in [0.1, 0.15) is 93.7 Å². The zero-order chi connectivity index (χ0) is 21.5. The molecule has 0 bridgehead atoms. The first-order valence-corrected chi connectivity index (χ1v) is 11.4. The number of benzene rings is 2. The molecule has 2 aromatic carbocycles. The van der Waals surface area contributed by atoms with Crippen molar-refractivity contribution >= 4 is 0 Å². The molecule has 0 spiro atoms.